The molecule has 1 aliphatic rings. The first-order valence-electron chi connectivity index (χ1n) is 7.87. The summed E-state index contributed by atoms with van der Waals surface area (Å²) in [6, 6.07) is 0.578. The summed E-state index contributed by atoms with van der Waals surface area (Å²) < 4.78 is 37.2. The van der Waals surface area contributed by atoms with Crippen molar-refractivity contribution in [2.45, 2.75) is 70.6 Å². The molecule has 1 N–H and O–H groups in total. The summed E-state index contributed by atoms with van der Waals surface area (Å²) in [6.45, 7) is 5.23. The van der Waals surface area contributed by atoms with E-state index in [2.05, 4.69) is 19.2 Å². The van der Waals surface area contributed by atoms with Crippen molar-refractivity contribution in [3.63, 3.8) is 0 Å². The molecule has 0 aromatic rings. The molecule has 0 aliphatic heterocycles. The monoisotopic (exact) mass is 294 g/mol. The Bertz CT molecular complexity index is 268. The van der Waals surface area contributed by atoms with Gasteiger partial charge in [0.25, 0.3) is 0 Å². The average Bonchev–Trinajstić information content (AvgIpc) is 2.37. The maximum Gasteiger partial charge on any atom is 0.390 e. The zero-order valence-electron chi connectivity index (χ0n) is 13.0. The van der Waals surface area contributed by atoms with Gasteiger partial charge in [0.05, 0.1) is 6.42 Å². The van der Waals surface area contributed by atoms with Gasteiger partial charge in [-0.15, -0.1) is 0 Å². The van der Waals surface area contributed by atoms with Gasteiger partial charge in [-0.25, -0.2) is 0 Å². The Balaban J connectivity index is 2.57. The molecule has 0 bridgehead atoms. The molecule has 2 nitrogen and oxygen atoms in total. The van der Waals surface area contributed by atoms with Crippen LogP contribution in [0.15, 0.2) is 0 Å². The van der Waals surface area contributed by atoms with Gasteiger partial charge in [-0.05, 0) is 38.8 Å². The molecule has 0 spiro atoms. The Kier molecular flexibility index (Phi) is 7.30. The molecule has 20 heavy (non-hydrogen) atoms. The third-order valence-electron chi connectivity index (χ3n) is 4.40. The van der Waals surface area contributed by atoms with Crippen LogP contribution >= 0.6 is 0 Å². The van der Waals surface area contributed by atoms with E-state index in [0.717, 1.165) is 25.8 Å². The molecule has 0 radical (unpaired) electrons. The number of nitrogens with one attached hydrogen (secondary N) is 1. The van der Waals surface area contributed by atoms with Gasteiger partial charge in [0.2, 0.25) is 0 Å². The van der Waals surface area contributed by atoms with Gasteiger partial charge >= 0.3 is 6.18 Å². The fourth-order valence-electron chi connectivity index (χ4n) is 3.36. The van der Waals surface area contributed by atoms with Crippen molar-refractivity contribution in [3.05, 3.63) is 0 Å². The van der Waals surface area contributed by atoms with E-state index < -0.39 is 12.6 Å². The molecule has 0 aromatic heterocycles. The number of likely N-dealkylation sites (N-methyl/N-ethyl adjacent to an activating group) is 2. The largest absolute Gasteiger partial charge is 0.390 e. The molecule has 0 heterocycles. The minimum atomic E-state index is -4.06. The zero-order valence-corrected chi connectivity index (χ0v) is 13.0. The molecule has 1 rings (SSSR count). The molecule has 1 fully saturated rings. The summed E-state index contributed by atoms with van der Waals surface area (Å²) in [4.78, 5) is 1.92. The topological polar surface area (TPSA) is 15.3 Å². The first-order chi connectivity index (χ1) is 9.37. The lowest BCUT2D eigenvalue weighted by atomic mass is 9.79. The van der Waals surface area contributed by atoms with Crippen molar-refractivity contribution in [1.29, 1.82) is 0 Å². The van der Waals surface area contributed by atoms with Crippen LogP contribution in [0.2, 0.25) is 0 Å². The van der Waals surface area contributed by atoms with Crippen LogP contribution in [0.3, 0.4) is 0 Å². The Morgan fingerprint density at radius 1 is 1.20 bits per heavy atom. The SMILES string of the molecule is CCCC1CCC(NCC)C(N(C)CCC(F)(F)F)C1. The molecule has 1 saturated carbocycles. The van der Waals surface area contributed by atoms with Crippen LogP contribution in [0, 0.1) is 5.92 Å². The number of halogens is 3. The summed E-state index contributed by atoms with van der Waals surface area (Å²) >= 11 is 0. The fraction of sp³-hybridized carbons (Fsp3) is 1.00. The van der Waals surface area contributed by atoms with Crippen LogP contribution in [0.25, 0.3) is 0 Å². The first kappa shape index (κ1) is 17.8. The molecule has 1 aliphatic carbocycles. The third-order valence-corrected chi connectivity index (χ3v) is 4.40. The summed E-state index contributed by atoms with van der Waals surface area (Å²) in [5.74, 6) is 0.674. The Labute approximate surface area is 121 Å². The summed E-state index contributed by atoms with van der Waals surface area (Å²) in [5, 5.41) is 3.45. The number of hydrogen-bond acceptors (Lipinski definition) is 2. The summed E-state index contributed by atoms with van der Waals surface area (Å²) in [7, 11) is 1.84. The number of hydrogen-bond donors (Lipinski definition) is 1. The smallest absolute Gasteiger partial charge is 0.313 e. The molecular formula is C15H29F3N2. The molecular weight excluding hydrogens is 265 g/mol. The van der Waals surface area contributed by atoms with Crippen molar-refractivity contribution in [1.82, 2.24) is 10.2 Å². The second kappa shape index (κ2) is 8.23. The van der Waals surface area contributed by atoms with Crippen LogP contribution in [0.5, 0.6) is 0 Å². The lowest BCUT2D eigenvalue weighted by Gasteiger charge is -2.42. The van der Waals surface area contributed by atoms with E-state index in [1.54, 1.807) is 0 Å². The zero-order chi connectivity index (χ0) is 15.2. The predicted octanol–water partition coefficient (Wildman–Crippen LogP) is 3.82. The van der Waals surface area contributed by atoms with Gasteiger partial charge in [-0.1, -0.05) is 26.7 Å². The van der Waals surface area contributed by atoms with Gasteiger partial charge in [-0.3, -0.25) is 0 Å². The Morgan fingerprint density at radius 3 is 2.45 bits per heavy atom. The highest BCUT2D eigenvalue weighted by Crippen LogP contribution is 2.31. The molecule has 0 saturated heterocycles. The van der Waals surface area contributed by atoms with Crippen molar-refractivity contribution < 1.29 is 13.2 Å². The van der Waals surface area contributed by atoms with E-state index in [0.29, 0.717) is 12.0 Å². The van der Waals surface area contributed by atoms with Gasteiger partial charge in [0.15, 0.2) is 0 Å². The highest BCUT2D eigenvalue weighted by molar-refractivity contribution is 4.90. The summed E-state index contributed by atoms with van der Waals surface area (Å²) in [6.07, 6.45) is 0.906. The van der Waals surface area contributed by atoms with Crippen molar-refractivity contribution in [3.8, 4) is 0 Å². The minimum Gasteiger partial charge on any atom is -0.313 e. The molecule has 0 aromatic carbocycles. The highest BCUT2D eigenvalue weighted by atomic mass is 19.4. The first-order valence-corrected chi connectivity index (χ1v) is 7.87. The average molecular weight is 294 g/mol. The second-order valence-corrected chi connectivity index (χ2v) is 6.05. The van der Waals surface area contributed by atoms with E-state index in [9.17, 15) is 13.2 Å². The number of nitrogens with zero attached hydrogens (tertiary/aromatic N) is 1. The lowest BCUT2D eigenvalue weighted by molar-refractivity contribution is -0.139. The third kappa shape index (κ3) is 6.00. The molecule has 120 valence electrons. The van der Waals surface area contributed by atoms with Crippen LogP contribution in [0.1, 0.15) is 52.4 Å². The van der Waals surface area contributed by atoms with Crippen molar-refractivity contribution in [2.75, 3.05) is 20.1 Å². The molecule has 3 atom stereocenters. The highest BCUT2D eigenvalue weighted by Gasteiger charge is 2.34. The maximum absolute atomic E-state index is 12.4. The maximum atomic E-state index is 12.4. The second-order valence-electron chi connectivity index (χ2n) is 6.05. The number of alkyl halides is 3. The van der Waals surface area contributed by atoms with Crippen molar-refractivity contribution >= 4 is 0 Å². The van der Waals surface area contributed by atoms with E-state index >= 15 is 0 Å². The van der Waals surface area contributed by atoms with Gasteiger partial charge in [0, 0.05) is 18.6 Å². The number of rotatable bonds is 7. The predicted molar refractivity (Wildman–Crippen MR) is 76.8 cm³/mol. The van der Waals surface area contributed by atoms with Crippen LogP contribution in [-0.4, -0.2) is 43.3 Å². The standard InChI is InChI=1S/C15H29F3N2/c1-4-6-12-7-8-13(19-5-2)14(11-12)20(3)10-9-15(16,17)18/h12-14,19H,4-11H2,1-3H3. The van der Waals surface area contributed by atoms with Gasteiger partial charge in [0.1, 0.15) is 0 Å². The Hall–Kier alpha value is -0.290. The molecule has 0 amide bonds. The normalized spacial score (nSPS) is 28.1. The van der Waals surface area contributed by atoms with E-state index in [1.807, 2.05) is 11.9 Å². The van der Waals surface area contributed by atoms with Gasteiger partial charge in [-0.2, -0.15) is 13.2 Å². The lowest BCUT2D eigenvalue weighted by Crippen LogP contribution is -2.52. The minimum absolute atomic E-state index is 0.106. The van der Waals surface area contributed by atoms with Crippen LogP contribution < -0.4 is 5.32 Å². The molecule has 5 heteroatoms. The Morgan fingerprint density at radius 2 is 1.90 bits per heavy atom. The van der Waals surface area contributed by atoms with Crippen LogP contribution in [-0.2, 0) is 0 Å². The van der Waals surface area contributed by atoms with Crippen LogP contribution in [0.4, 0.5) is 13.2 Å². The van der Waals surface area contributed by atoms with E-state index in [4.69, 9.17) is 0 Å². The van der Waals surface area contributed by atoms with Gasteiger partial charge < -0.3 is 10.2 Å². The quantitative estimate of drug-likeness (QED) is 0.768. The fourth-order valence-corrected chi connectivity index (χ4v) is 3.36. The summed E-state index contributed by atoms with van der Waals surface area (Å²) in [5.41, 5.74) is 0. The van der Waals surface area contributed by atoms with E-state index in [1.165, 1.54) is 12.8 Å². The molecule has 3 unspecified atom stereocenters. The van der Waals surface area contributed by atoms with E-state index in [-0.39, 0.29) is 12.6 Å². The van der Waals surface area contributed by atoms with Crippen molar-refractivity contribution in [2.24, 2.45) is 5.92 Å².